The van der Waals surface area contributed by atoms with Gasteiger partial charge in [0.15, 0.2) is 5.11 Å². The maximum atomic E-state index is 5.05. The zero-order valence-electron chi connectivity index (χ0n) is 10.4. The SMILES string of the molecule is C=CCNc1nc(NC(=S)NCC)nc(OC)n1. The second kappa shape index (κ2) is 7.38. The molecule has 0 unspecified atom stereocenters. The number of ether oxygens (including phenoxy) is 1. The van der Waals surface area contributed by atoms with Gasteiger partial charge in [0.1, 0.15) is 0 Å². The molecule has 7 nitrogen and oxygen atoms in total. The Morgan fingerprint density at radius 3 is 2.72 bits per heavy atom. The van der Waals surface area contributed by atoms with Crippen molar-refractivity contribution in [1.29, 1.82) is 0 Å². The predicted molar refractivity (Wildman–Crippen MR) is 75.0 cm³/mol. The molecule has 3 N–H and O–H groups in total. The van der Waals surface area contributed by atoms with Crippen LogP contribution in [0, 0.1) is 0 Å². The largest absolute Gasteiger partial charge is 0.467 e. The highest BCUT2D eigenvalue weighted by Gasteiger charge is 2.07. The molecular formula is C10H16N6OS. The molecule has 0 bridgehead atoms. The Morgan fingerprint density at radius 1 is 1.39 bits per heavy atom. The van der Waals surface area contributed by atoms with Gasteiger partial charge >= 0.3 is 6.01 Å². The van der Waals surface area contributed by atoms with Crippen LogP contribution in [0.5, 0.6) is 6.01 Å². The smallest absolute Gasteiger partial charge is 0.322 e. The summed E-state index contributed by atoms with van der Waals surface area (Å²) < 4.78 is 4.99. The lowest BCUT2D eigenvalue weighted by molar-refractivity contribution is 0.379. The first-order chi connectivity index (χ1) is 8.69. The Labute approximate surface area is 111 Å². The van der Waals surface area contributed by atoms with E-state index in [1.165, 1.54) is 7.11 Å². The number of hydrogen-bond acceptors (Lipinski definition) is 6. The fourth-order valence-corrected chi connectivity index (χ4v) is 1.29. The van der Waals surface area contributed by atoms with Crippen molar-refractivity contribution in [3.63, 3.8) is 0 Å². The molecular weight excluding hydrogens is 252 g/mol. The van der Waals surface area contributed by atoms with Crippen molar-refractivity contribution in [3.05, 3.63) is 12.7 Å². The summed E-state index contributed by atoms with van der Waals surface area (Å²) in [6.45, 7) is 6.81. The van der Waals surface area contributed by atoms with Crippen LogP contribution in [0.25, 0.3) is 0 Å². The number of anilines is 2. The summed E-state index contributed by atoms with van der Waals surface area (Å²) in [7, 11) is 1.49. The topological polar surface area (TPSA) is 84.0 Å². The number of aromatic nitrogens is 3. The van der Waals surface area contributed by atoms with E-state index in [2.05, 4.69) is 37.5 Å². The summed E-state index contributed by atoms with van der Waals surface area (Å²) in [6, 6.07) is 0.207. The number of hydrogen-bond donors (Lipinski definition) is 3. The minimum atomic E-state index is 0.207. The van der Waals surface area contributed by atoms with E-state index < -0.39 is 0 Å². The summed E-state index contributed by atoms with van der Waals surface area (Å²) >= 11 is 5.05. The van der Waals surface area contributed by atoms with Crippen molar-refractivity contribution < 1.29 is 4.74 Å². The molecule has 0 saturated carbocycles. The average molecular weight is 268 g/mol. The minimum Gasteiger partial charge on any atom is -0.467 e. The lowest BCUT2D eigenvalue weighted by Gasteiger charge is -2.09. The molecule has 1 rings (SSSR count). The van der Waals surface area contributed by atoms with Crippen LogP contribution in [0.2, 0.25) is 0 Å². The van der Waals surface area contributed by atoms with Gasteiger partial charge in [0.25, 0.3) is 0 Å². The summed E-state index contributed by atoms with van der Waals surface area (Å²) in [6.07, 6.45) is 1.70. The van der Waals surface area contributed by atoms with Gasteiger partial charge in [-0.15, -0.1) is 6.58 Å². The lowest BCUT2D eigenvalue weighted by Crippen LogP contribution is -2.29. The molecule has 1 heterocycles. The molecule has 0 aliphatic heterocycles. The molecule has 98 valence electrons. The van der Waals surface area contributed by atoms with E-state index in [9.17, 15) is 0 Å². The first kappa shape index (κ1) is 14.1. The summed E-state index contributed by atoms with van der Waals surface area (Å²) in [5, 5.41) is 9.18. The van der Waals surface area contributed by atoms with Crippen LogP contribution in [-0.2, 0) is 0 Å². The highest BCUT2D eigenvalue weighted by molar-refractivity contribution is 7.80. The standard InChI is InChI=1S/C10H16N6OS/c1-4-6-12-7-13-8(15-9(14-7)17-3)16-10(18)11-5-2/h4H,1,5-6H2,2-3H3,(H3,11,12,13,14,15,16,18). The Morgan fingerprint density at radius 2 is 2.11 bits per heavy atom. The molecule has 18 heavy (non-hydrogen) atoms. The molecule has 1 aromatic rings. The Kier molecular flexibility index (Phi) is 5.78. The number of methoxy groups -OCH3 is 1. The van der Waals surface area contributed by atoms with Crippen LogP contribution in [-0.4, -0.2) is 40.3 Å². The number of nitrogens with zero attached hydrogens (tertiary/aromatic N) is 3. The van der Waals surface area contributed by atoms with Crippen LogP contribution in [0.15, 0.2) is 12.7 Å². The number of nitrogens with one attached hydrogen (secondary N) is 3. The van der Waals surface area contributed by atoms with Crippen molar-refractivity contribution in [2.45, 2.75) is 6.92 Å². The molecule has 0 aliphatic carbocycles. The van der Waals surface area contributed by atoms with Gasteiger partial charge in [-0.05, 0) is 19.1 Å². The third-order valence-corrected chi connectivity index (χ3v) is 2.01. The van der Waals surface area contributed by atoms with Crippen molar-refractivity contribution in [3.8, 4) is 6.01 Å². The summed E-state index contributed by atoms with van der Waals surface area (Å²) in [5.41, 5.74) is 0. The van der Waals surface area contributed by atoms with Gasteiger partial charge in [0.2, 0.25) is 11.9 Å². The van der Waals surface area contributed by atoms with Gasteiger partial charge in [-0.25, -0.2) is 0 Å². The third kappa shape index (κ3) is 4.50. The quantitative estimate of drug-likeness (QED) is 0.516. The van der Waals surface area contributed by atoms with E-state index in [-0.39, 0.29) is 6.01 Å². The van der Waals surface area contributed by atoms with E-state index >= 15 is 0 Å². The minimum absolute atomic E-state index is 0.207. The second-order valence-corrected chi connectivity index (χ2v) is 3.53. The van der Waals surface area contributed by atoms with Gasteiger partial charge < -0.3 is 20.7 Å². The molecule has 0 radical (unpaired) electrons. The fraction of sp³-hybridized carbons (Fsp3) is 0.400. The van der Waals surface area contributed by atoms with Crippen molar-refractivity contribution in [2.75, 3.05) is 30.8 Å². The van der Waals surface area contributed by atoms with Gasteiger partial charge in [-0.3, -0.25) is 0 Å². The number of thiocarbonyl (C=S) groups is 1. The van der Waals surface area contributed by atoms with E-state index in [0.717, 1.165) is 6.54 Å². The summed E-state index contributed by atoms with van der Waals surface area (Å²) in [4.78, 5) is 12.2. The van der Waals surface area contributed by atoms with Crippen LogP contribution in [0.1, 0.15) is 6.92 Å². The first-order valence-corrected chi connectivity index (χ1v) is 5.80. The molecule has 0 saturated heterocycles. The number of rotatable bonds is 6. The Balaban J connectivity index is 2.82. The van der Waals surface area contributed by atoms with Crippen LogP contribution >= 0.6 is 12.2 Å². The maximum Gasteiger partial charge on any atom is 0.322 e. The highest BCUT2D eigenvalue weighted by atomic mass is 32.1. The van der Waals surface area contributed by atoms with Crippen molar-refractivity contribution >= 4 is 29.2 Å². The van der Waals surface area contributed by atoms with Crippen LogP contribution < -0.4 is 20.7 Å². The highest BCUT2D eigenvalue weighted by Crippen LogP contribution is 2.10. The van der Waals surface area contributed by atoms with Gasteiger partial charge in [0, 0.05) is 13.1 Å². The Bertz CT molecular complexity index is 425. The van der Waals surface area contributed by atoms with Gasteiger partial charge in [-0.1, -0.05) is 6.08 Å². The fourth-order valence-electron chi connectivity index (χ4n) is 1.05. The molecule has 0 atom stereocenters. The predicted octanol–water partition coefficient (Wildman–Crippen LogP) is 0.784. The van der Waals surface area contributed by atoms with E-state index in [0.29, 0.717) is 23.6 Å². The molecule has 0 amide bonds. The molecule has 0 fully saturated rings. The van der Waals surface area contributed by atoms with Gasteiger partial charge in [-0.2, -0.15) is 15.0 Å². The molecule has 1 aromatic heterocycles. The molecule has 0 aliphatic rings. The lowest BCUT2D eigenvalue weighted by atomic mass is 10.6. The van der Waals surface area contributed by atoms with E-state index in [1.54, 1.807) is 6.08 Å². The molecule has 0 aromatic carbocycles. The monoisotopic (exact) mass is 268 g/mol. The summed E-state index contributed by atoms with van der Waals surface area (Å²) in [5.74, 6) is 0.711. The zero-order valence-corrected chi connectivity index (χ0v) is 11.2. The van der Waals surface area contributed by atoms with Gasteiger partial charge in [0.05, 0.1) is 7.11 Å². The maximum absolute atomic E-state index is 5.05. The van der Waals surface area contributed by atoms with Crippen molar-refractivity contribution in [2.24, 2.45) is 0 Å². The molecule has 0 spiro atoms. The van der Waals surface area contributed by atoms with Crippen LogP contribution in [0.3, 0.4) is 0 Å². The second-order valence-electron chi connectivity index (χ2n) is 3.12. The van der Waals surface area contributed by atoms with E-state index in [4.69, 9.17) is 17.0 Å². The normalized spacial score (nSPS) is 9.44. The average Bonchev–Trinajstić information content (AvgIpc) is 2.36. The van der Waals surface area contributed by atoms with Crippen molar-refractivity contribution in [1.82, 2.24) is 20.3 Å². The third-order valence-electron chi connectivity index (χ3n) is 1.76. The molecule has 8 heteroatoms. The zero-order chi connectivity index (χ0) is 13.4. The Hall–Kier alpha value is -1.96. The van der Waals surface area contributed by atoms with Crippen LogP contribution in [0.4, 0.5) is 11.9 Å². The van der Waals surface area contributed by atoms with E-state index in [1.807, 2.05) is 6.92 Å². The first-order valence-electron chi connectivity index (χ1n) is 5.39.